The molecule has 22 heavy (non-hydrogen) atoms. The molecule has 0 heterocycles. The van der Waals surface area contributed by atoms with Gasteiger partial charge in [0.1, 0.15) is 5.75 Å². The molecule has 1 amide bonds. The van der Waals surface area contributed by atoms with Crippen molar-refractivity contribution in [1.29, 1.82) is 0 Å². The number of nitrogens with one attached hydrogen (secondary N) is 1. The molecule has 5 nitrogen and oxygen atoms in total. The highest BCUT2D eigenvalue weighted by Crippen LogP contribution is 2.28. The number of amides is 1. The first-order valence-electron chi connectivity index (χ1n) is 6.51. The third-order valence-electron chi connectivity index (χ3n) is 3.25. The Morgan fingerprint density at radius 3 is 2.36 bits per heavy atom. The maximum absolute atomic E-state index is 12.1. The Kier molecular flexibility index (Phi) is 4.68. The largest absolute Gasteiger partial charge is 0.506 e. The summed E-state index contributed by atoms with van der Waals surface area (Å²) in [5.41, 5.74) is 1.02. The predicted molar refractivity (Wildman–Crippen MR) is 83.6 cm³/mol. The lowest BCUT2D eigenvalue weighted by Gasteiger charge is -2.12. The van der Waals surface area contributed by atoms with Crippen LogP contribution in [0.5, 0.6) is 5.75 Å². The number of anilines is 1. The van der Waals surface area contributed by atoms with Gasteiger partial charge in [-0.1, -0.05) is 17.7 Å². The van der Waals surface area contributed by atoms with Crippen LogP contribution in [0.4, 0.5) is 5.69 Å². The number of aliphatic carboxylic acids is 1. The van der Waals surface area contributed by atoms with Gasteiger partial charge in [-0.15, -0.1) is 0 Å². The molecule has 0 bridgehead atoms. The molecular formula is C16H14ClNO4. The molecule has 114 valence electrons. The molecule has 0 aliphatic rings. The first-order chi connectivity index (χ1) is 10.4. The van der Waals surface area contributed by atoms with Crippen LogP contribution in [0.1, 0.15) is 28.8 Å². The third kappa shape index (κ3) is 3.56. The highest BCUT2D eigenvalue weighted by Gasteiger charge is 2.16. The molecule has 0 radical (unpaired) electrons. The van der Waals surface area contributed by atoms with E-state index in [4.69, 9.17) is 16.7 Å². The highest BCUT2D eigenvalue weighted by atomic mass is 35.5. The number of carboxylic acids is 1. The van der Waals surface area contributed by atoms with Crippen LogP contribution in [0.25, 0.3) is 0 Å². The van der Waals surface area contributed by atoms with E-state index in [1.807, 2.05) is 0 Å². The molecule has 2 rings (SSSR count). The smallest absolute Gasteiger partial charge is 0.310 e. The lowest BCUT2D eigenvalue weighted by molar-refractivity contribution is -0.138. The summed E-state index contributed by atoms with van der Waals surface area (Å²) in [7, 11) is 0. The van der Waals surface area contributed by atoms with E-state index >= 15 is 0 Å². The predicted octanol–water partition coefficient (Wildman–Crippen LogP) is 3.49. The minimum absolute atomic E-state index is 0.136. The summed E-state index contributed by atoms with van der Waals surface area (Å²) in [5, 5.41) is 21.9. The summed E-state index contributed by atoms with van der Waals surface area (Å²) in [6.45, 7) is 1.53. The molecule has 0 saturated carbocycles. The molecule has 2 aromatic rings. The molecule has 0 unspecified atom stereocenters. The normalized spacial score (nSPS) is 11.7. The Morgan fingerprint density at radius 2 is 1.77 bits per heavy atom. The standard InChI is InChI=1S/C16H14ClNO4/c1-9(16(21)22)11-4-7-14(19)13(8-11)18-15(20)10-2-5-12(17)6-3-10/h2-9,19H,1H3,(H,18,20)(H,21,22)/t9-/m0/s1. The molecular weight excluding hydrogens is 306 g/mol. The summed E-state index contributed by atoms with van der Waals surface area (Å²) in [6, 6.07) is 10.6. The van der Waals surface area contributed by atoms with E-state index in [1.54, 1.807) is 24.3 Å². The van der Waals surface area contributed by atoms with Crippen molar-refractivity contribution in [3.8, 4) is 5.75 Å². The fourth-order valence-corrected chi connectivity index (χ4v) is 1.99. The van der Waals surface area contributed by atoms with Gasteiger partial charge in [-0.25, -0.2) is 0 Å². The van der Waals surface area contributed by atoms with Crippen LogP contribution in [0.15, 0.2) is 42.5 Å². The van der Waals surface area contributed by atoms with Crippen molar-refractivity contribution in [2.75, 3.05) is 5.32 Å². The van der Waals surface area contributed by atoms with Crippen molar-refractivity contribution in [2.45, 2.75) is 12.8 Å². The molecule has 0 saturated heterocycles. The third-order valence-corrected chi connectivity index (χ3v) is 3.50. The number of hydrogen-bond acceptors (Lipinski definition) is 3. The zero-order valence-corrected chi connectivity index (χ0v) is 12.5. The minimum Gasteiger partial charge on any atom is -0.506 e. The summed E-state index contributed by atoms with van der Waals surface area (Å²) >= 11 is 5.76. The molecule has 3 N–H and O–H groups in total. The van der Waals surface area contributed by atoms with Gasteiger partial charge in [0.25, 0.3) is 5.91 Å². The Morgan fingerprint density at radius 1 is 1.14 bits per heavy atom. The fraction of sp³-hybridized carbons (Fsp3) is 0.125. The Balaban J connectivity index is 2.25. The lowest BCUT2D eigenvalue weighted by Crippen LogP contribution is -2.13. The average Bonchev–Trinajstić information content (AvgIpc) is 2.49. The summed E-state index contributed by atoms with van der Waals surface area (Å²) in [4.78, 5) is 23.1. The Labute approximate surface area is 132 Å². The Hall–Kier alpha value is -2.53. The summed E-state index contributed by atoms with van der Waals surface area (Å²) < 4.78 is 0. The Bertz CT molecular complexity index is 713. The van der Waals surface area contributed by atoms with E-state index in [0.717, 1.165) is 0 Å². The highest BCUT2D eigenvalue weighted by molar-refractivity contribution is 6.30. The quantitative estimate of drug-likeness (QED) is 0.753. The van der Waals surface area contributed by atoms with Crippen molar-refractivity contribution in [1.82, 2.24) is 0 Å². The molecule has 0 aliphatic heterocycles. The van der Waals surface area contributed by atoms with Crippen molar-refractivity contribution >= 4 is 29.2 Å². The van der Waals surface area contributed by atoms with Crippen LogP contribution in [0, 0.1) is 0 Å². The van der Waals surface area contributed by atoms with Gasteiger partial charge < -0.3 is 15.5 Å². The van der Waals surface area contributed by atoms with Gasteiger partial charge >= 0.3 is 5.97 Å². The van der Waals surface area contributed by atoms with Crippen LogP contribution >= 0.6 is 11.6 Å². The maximum Gasteiger partial charge on any atom is 0.310 e. The van der Waals surface area contributed by atoms with E-state index in [2.05, 4.69) is 5.32 Å². The number of phenols is 1. The summed E-state index contributed by atoms with van der Waals surface area (Å²) in [6.07, 6.45) is 0. The number of carbonyl (C=O) groups is 2. The number of carbonyl (C=O) groups excluding carboxylic acids is 1. The molecule has 2 aromatic carbocycles. The first kappa shape index (κ1) is 15.9. The van der Waals surface area contributed by atoms with Crippen LogP contribution in [-0.2, 0) is 4.79 Å². The van der Waals surface area contributed by atoms with Crippen molar-refractivity contribution in [3.05, 3.63) is 58.6 Å². The van der Waals surface area contributed by atoms with E-state index < -0.39 is 17.8 Å². The average molecular weight is 320 g/mol. The van der Waals surface area contributed by atoms with Gasteiger partial charge in [0.05, 0.1) is 11.6 Å². The topological polar surface area (TPSA) is 86.6 Å². The monoisotopic (exact) mass is 319 g/mol. The van der Waals surface area contributed by atoms with Gasteiger partial charge in [-0.3, -0.25) is 9.59 Å². The van der Waals surface area contributed by atoms with Gasteiger partial charge in [0.15, 0.2) is 0 Å². The maximum atomic E-state index is 12.1. The van der Waals surface area contributed by atoms with Gasteiger partial charge in [-0.2, -0.15) is 0 Å². The molecule has 0 aliphatic carbocycles. The van der Waals surface area contributed by atoms with E-state index in [9.17, 15) is 14.7 Å². The molecule has 0 aromatic heterocycles. The number of hydrogen-bond donors (Lipinski definition) is 3. The number of benzene rings is 2. The second-order valence-electron chi connectivity index (χ2n) is 4.80. The van der Waals surface area contributed by atoms with Crippen LogP contribution < -0.4 is 5.32 Å². The van der Waals surface area contributed by atoms with Crippen molar-refractivity contribution in [3.63, 3.8) is 0 Å². The number of rotatable bonds is 4. The van der Waals surface area contributed by atoms with E-state index in [-0.39, 0.29) is 11.4 Å². The number of aromatic hydroxyl groups is 1. The number of halogens is 1. The SMILES string of the molecule is C[C@H](C(=O)O)c1ccc(O)c(NC(=O)c2ccc(Cl)cc2)c1. The van der Waals surface area contributed by atoms with Gasteiger partial charge in [0, 0.05) is 10.6 Å². The summed E-state index contributed by atoms with van der Waals surface area (Å²) in [5.74, 6) is -2.29. The van der Waals surface area contributed by atoms with Crippen LogP contribution in [0.2, 0.25) is 5.02 Å². The zero-order valence-electron chi connectivity index (χ0n) is 11.7. The molecule has 1 atom stereocenters. The number of carboxylic acid groups (broad SMARTS) is 1. The molecule has 0 spiro atoms. The lowest BCUT2D eigenvalue weighted by atomic mass is 10.0. The number of phenolic OH excluding ortho intramolecular Hbond substituents is 1. The van der Waals surface area contributed by atoms with Crippen molar-refractivity contribution < 1.29 is 19.8 Å². The van der Waals surface area contributed by atoms with Crippen LogP contribution in [0.3, 0.4) is 0 Å². The fourth-order valence-electron chi connectivity index (χ4n) is 1.86. The van der Waals surface area contributed by atoms with Gasteiger partial charge in [0.2, 0.25) is 0 Å². The minimum atomic E-state index is -0.985. The van der Waals surface area contributed by atoms with E-state index in [0.29, 0.717) is 16.1 Å². The first-order valence-corrected chi connectivity index (χ1v) is 6.89. The second-order valence-corrected chi connectivity index (χ2v) is 5.23. The second kappa shape index (κ2) is 6.49. The molecule has 6 heteroatoms. The van der Waals surface area contributed by atoms with Crippen LogP contribution in [-0.4, -0.2) is 22.1 Å². The molecule has 0 fully saturated rings. The zero-order chi connectivity index (χ0) is 16.3. The van der Waals surface area contributed by atoms with E-state index in [1.165, 1.54) is 25.1 Å². The van der Waals surface area contributed by atoms with Crippen molar-refractivity contribution in [2.24, 2.45) is 0 Å². The van der Waals surface area contributed by atoms with Gasteiger partial charge in [-0.05, 0) is 48.9 Å².